The fraction of sp³-hybridized carbons (Fsp3) is 0.594. The molecule has 0 heterocycles. The fourth-order valence-electron chi connectivity index (χ4n) is 8.07. The maximum absolute atomic E-state index is 13.0. The van der Waals surface area contributed by atoms with E-state index in [4.69, 9.17) is 13.6 Å². The van der Waals surface area contributed by atoms with E-state index in [1.54, 1.807) is 0 Å². The molecule has 4 rings (SSSR count). The summed E-state index contributed by atoms with van der Waals surface area (Å²) < 4.78 is 19.9. The Morgan fingerprint density at radius 1 is 0.974 bits per heavy atom. The van der Waals surface area contributed by atoms with Crippen molar-refractivity contribution in [2.24, 2.45) is 23.2 Å². The molecule has 214 valence electrons. The van der Waals surface area contributed by atoms with Crippen LogP contribution in [0.5, 0.6) is 0 Å². The van der Waals surface area contributed by atoms with Crippen molar-refractivity contribution in [1.82, 2.24) is 0 Å². The van der Waals surface area contributed by atoms with Gasteiger partial charge in [-0.3, -0.25) is 4.79 Å². The summed E-state index contributed by atoms with van der Waals surface area (Å²) in [5, 5.41) is 2.56. The minimum atomic E-state index is -2.62. The van der Waals surface area contributed by atoms with Gasteiger partial charge in [-0.1, -0.05) is 111 Å². The molecule has 0 unspecified atom stereocenters. The molecule has 2 aliphatic rings. The first-order chi connectivity index (χ1) is 18.1. The van der Waals surface area contributed by atoms with Crippen LogP contribution in [0.1, 0.15) is 47.5 Å². The number of benzene rings is 2. The van der Waals surface area contributed by atoms with Gasteiger partial charge in [-0.25, -0.2) is 0 Å². The molecular formula is C32H47IO4Si2. The Hall–Kier alpha value is -1.01. The van der Waals surface area contributed by atoms with Crippen LogP contribution in [0.3, 0.4) is 0 Å². The van der Waals surface area contributed by atoms with Crippen LogP contribution >= 0.6 is 22.6 Å². The van der Waals surface area contributed by atoms with E-state index >= 15 is 0 Å². The quantitative estimate of drug-likeness (QED) is 0.127. The number of hydrogen-bond donors (Lipinski definition) is 0. The number of halogens is 1. The number of esters is 1. The molecule has 6 atom stereocenters. The number of hydrogen-bond acceptors (Lipinski definition) is 4. The van der Waals surface area contributed by atoms with E-state index in [0.29, 0.717) is 16.4 Å². The highest BCUT2D eigenvalue weighted by Crippen LogP contribution is 2.72. The SMILES string of the molecule is COC(=O)[C@H]1[C@@H]2CC[C@@H]([C@H](I)CO[Si](c3ccccc3)(c3ccccc3)C(C)(C)C)[C@]2(C)[C@]1(C)O[Si](C)(C)C. The van der Waals surface area contributed by atoms with Gasteiger partial charge in [0.05, 0.1) is 18.6 Å². The molecule has 0 radical (unpaired) electrons. The molecule has 0 amide bonds. The van der Waals surface area contributed by atoms with Crippen LogP contribution in [-0.4, -0.2) is 45.8 Å². The molecule has 2 fully saturated rings. The molecule has 0 spiro atoms. The van der Waals surface area contributed by atoms with Gasteiger partial charge in [0.25, 0.3) is 8.32 Å². The first-order valence-corrected chi connectivity index (χ1v) is 20.9. The van der Waals surface area contributed by atoms with Crippen LogP contribution in [0.15, 0.2) is 60.7 Å². The molecule has 39 heavy (non-hydrogen) atoms. The first-order valence-electron chi connectivity index (χ1n) is 14.3. The largest absolute Gasteiger partial charge is 0.469 e. The summed E-state index contributed by atoms with van der Waals surface area (Å²) >= 11 is 2.64. The summed E-state index contributed by atoms with van der Waals surface area (Å²) in [7, 11) is -3.04. The number of carbonyl (C=O) groups is 1. The molecule has 2 aliphatic carbocycles. The highest BCUT2D eigenvalue weighted by atomic mass is 127. The van der Waals surface area contributed by atoms with E-state index in [9.17, 15) is 4.79 Å². The van der Waals surface area contributed by atoms with Crippen molar-refractivity contribution in [2.45, 2.75) is 81.7 Å². The summed E-state index contributed by atoms with van der Waals surface area (Å²) in [5.41, 5.74) is -0.635. The Kier molecular flexibility index (Phi) is 8.73. The molecule has 0 N–H and O–H groups in total. The predicted molar refractivity (Wildman–Crippen MR) is 174 cm³/mol. The minimum absolute atomic E-state index is 0.0594. The van der Waals surface area contributed by atoms with E-state index in [1.165, 1.54) is 17.5 Å². The number of ether oxygens (including phenoxy) is 1. The van der Waals surface area contributed by atoms with Crippen LogP contribution in [0.2, 0.25) is 24.7 Å². The number of fused-ring (bicyclic) bond motifs is 1. The molecule has 7 heteroatoms. The molecule has 0 saturated heterocycles. The Balaban J connectivity index is 1.69. The third-order valence-electron chi connectivity index (χ3n) is 9.68. The lowest BCUT2D eigenvalue weighted by Crippen LogP contribution is -2.74. The predicted octanol–water partition coefficient (Wildman–Crippen LogP) is 6.81. The Bertz CT molecular complexity index is 1110. The second kappa shape index (κ2) is 11.0. The second-order valence-corrected chi connectivity index (χ2v) is 24.2. The lowest BCUT2D eigenvalue weighted by atomic mass is 9.44. The van der Waals surface area contributed by atoms with E-state index in [-0.39, 0.29) is 28.3 Å². The third-order valence-corrected chi connectivity index (χ3v) is 16.9. The molecule has 2 saturated carbocycles. The lowest BCUT2D eigenvalue weighted by Gasteiger charge is -2.67. The summed E-state index contributed by atoms with van der Waals surface area (Å²) in [5.74, 6) is 0.350. The number of alkyl halides is 1. The van der Waals surface area contributed by atoms with Gasteiger partial charge >= 0.3 is 5.97 Å². The summed E-state index contributed by atoms with van der Waals surface area (Å²) in [6, 6.07) is 21.8. The maximum atomic E-state index is 13.0. The first kappa shape index (κ1) is 30.9. The van der Waals surface area contributed by atoms with Crippen molar-refractivity contribution in [1.29, 1.82) is 0 Å². The van der Waals surface area contributed by atoms with Crippen molar-refractivity contribution < 1.29 is 18.4 Å². The van der Waals surface area contributed by atoms with Gasteiger partial charge in [-0.05, 0) is 66.7 Å². The van der Waals surface area contributed by atoms with Gasteiger partial charge in [0.2, 0.25) is 0 Å². The van der Waals surface area contributed by atoms with Gasteiger partial charge in [0.1, 0.15) is 0 Å². The number of methoxy groups -OCH3 is 1. The zero-order valence-electron chi connectivity index (χ0n) is 25.2. The number of carbonyl (C=O) groups excluding carboxylic acids is 1. The standard InChI is InChI=1S/C32H47IO4Si2/c1-30(2,3)39(23-16-12-10-13-17-23,24-18-14-11-15-19-24)36-22-27(33)25-20-21-26-28(29(34)35-6)32(5,31(25,26)4)37-38(7,8)9/h10-19,25-28H,20-22H2,1-9H3/t25-,26-,27+,28+,31-,32+/m0/s1. The monoisotopic (exact) mass is 678 g/mol. The molecular weight excluding hydrogens is 631 g/mol. The van der Waals surface area contributed by atoms with Gasteiger partial charge < -0.3 is 13.6 Å². The van der Waals surface area contributed by atoms with Crippen molar-refractivity contribution in [2.75, 3.05) is 13.7 Å². The van der Waals surface area contributed by atoms with Crippen molar-refractivity contribution in [3.8, 4) is 0 Å². The lowest BCUT2D eigenvalue weighted by molar-refractivity contribution is -0.242. The topological polar surface area (TPSA) is 44.8 Å². The fourth-order valence-corrected chi connectivity index (χ4v) is 15.9. The summed E-state index contributed by atoms with van der Waals surface area (Å²) in [4.78, 5) is 13.0. The van der Waals surface area contributed by atoms with Crippen LogP contribution in [0.25, 0.3) is 0 Å². The smallest absolute Gasteiger partial charge is 0.311 e. The zero-order valence-corrected chi connectivity index (χ0v) is 29.4. The maximum Gasteiger partial charge on any atom is 0.311 e. The highest BCUT2D eigenvalue weighted by Gasteiger charge is 2.76. The van der Waals surface area contributed by atoms with Crippen molar-refractivity contribution in [3.63, 3.8) is 0 Å². The van der Waals surface area contributed by atoms with Crippen LogP contribution in [0, 0.1) is 23.2 Å². The third kappa shape index (κ3) is 5.13. The van der Waals surface area contributed by atoms with E-state index in [1.807, 2.05) is 0 Å². The van der Waals surface area contributed by atoms with Gasteiger partial charge in [-0.15, -0.1) is 0 Å². The average molecular weight is 679 g/mol. The average Bonchev–Trinajstić information content (AvgIpc) is 3.18. The van der Waals surface area contributed by atoms with Crippen LogP contribution in [-0.2, 0) is 18.4 Å². The summed E-state index contributed by atoms with van der Waals surface area (Å²) in [6.45, 7) is 18.9. The molecule has 0 bridgehead atoms. The zero-order chi connectivity index (χ0) is 28.9. The van der Waals surface area contributed by atoms with Crippen molar-refractivity contribution >= 4 is 55.6 Å². The van der Waals surface area contributed by atoms with E-state index in [0.717, 1.165) is 12.8 Å². The molecule has 2 aromatic rings. The van der Waals surface area contributed by atoms with Crippen molar-refractivity contribution in [3.05, 3.63) is 60.7 Å². The molecule has 2 aromatic carbocycles. The van der Waals surface area contributed by atoms with Gasteiger partial charge in [0.15, 0.2) is 8.32 Å². The summed E-state index contributed by atoms with van der Waals surface area (Å²) in [6.07, 6.45) is 2.11. The normalized spacial score (nSPS) is 29.8. The molecule has 0 aromatic heterocycles. The van der Waals surface area contributed by atoms with Crippen LogP contribution in [0.4, 0.5) is 0 Å². The minimum Gasteiger partial charge on any atom is -0.469 e. The molecule has 0 aliphatic heterocycles. The van der Waals surface area contributed by atoms with Gasteiger partial charge in [-0.2, -0.15) is 0 Å². The number of rotatable bonds is 9. The Morgan fingerprint density at radius 3 is 1.92 bits per heavy atom. The second-order valence-electron chi connectivity index (χ2n) is 13.9. The van der Waals surface area contributed by atoms with Crippen LogP contribution < -0.4 is 10.4 Å². The Morgan fingerprint density at radius 2 is 1.49 bits per heavy atom. The molecule has 4 nitrogen and oxygen atoms in total. The highest BCUT2D eigenvalue weighted by molar-refractivity contribution is 14.1. The van der Waals surface area contributed by atoms with E-state index < -0.39 is 22.2 Å². The van der Waals surface area contributed by atoms with Gasteiger partial charge in [0, 0.05) is 15.9 Å². The Labute approximate surface area is 252 Å². The van der Waals surface area contributed by atoms with E-state index in [2.05, 4.69) is 138 Å².